The molecule has 0 spiro atoms. The van der Waals surface area contributed by atoms with Crippen LogP contribution in [0.5, 0.6) is 11.5 Å². The van der Waals surface area contributed by atoms with Crippen LogP contribution in [0, 0.1) is 10.1 Å². The molecule has 0 bridgehead atoms. The molecule has 0 saturated carbocycles. The molecule has 2 aromatic carbocycles. The third-order valence-electron chi connectivity index (χ3n) is 5.10. The molecule has 1 heterocycles. The third kappa shape index (κ3) is 3.91. The summed E-state index contributed by atoms with van der Waals surface area (Å²) >= 11 is 0. The minimum absolute atomic E-state index is 0.0560. The fourth-order valence-corrected chi connectivity index (χ4v) is 3.71. The molecule has 1 fully saturated rings. The van der Waals surface area contributed by atoms with E-state index in [1.165, 1.54) is 12.1 Å². The van der Waals surface area contributed by atoms with E-state index in [0.29, 0.717) is 12.1 Å². The number of nitrogens with zero attached hydrogens (tertiary/aromatic N) is 2. The molecule has 0 radical (unpaired) electrons. The van der Waals surface area contributed by atoms with Crippen molar-refractivity contribution in [1.82, 2.24) is 4.90 Å². The van der Waals surface area contributed by atoms with Gasteiger partial charge in [0, 0.05) is 35.3 Å². The summed E-state index contributed by atoms with van der Waals surface area (Å²) in [5, 5.41) is 11.5. The lowest BCUT2D eigenvalue weighted by Crippen LogP contribution is -2.24. The zero-order chi connectivity index (χ0) is 20.3. The molecule has 3 rings (SSSR count). The van der Waals surface area contributed by atoms with Crippen molar-refractivity contribution in [2.24, 2.45) is 5.73 Å². The number of primary amides is 1. The van der Waals surface area contributed by atoms with Crippen molar-refractivity contribution >= 4 is 11.6 Å². The van der Waals surface area contributed by atoms with Gasteiger partial charge in [-0.25, -0.2) is 0 Å². The topological polar surface area (TPSA) is 108 Å². The van der Waals surface area contributed by atoms with E-state index in [9.17, 15) is 14.9 Å². The molecule has 8 nitrogen and oxygen atoms in total. The average Bonchev–Trinajstić information content (AvgIpc) is 3.15. The normalized spacial score (nSPS) is 16.7. The highest BCUT2D eigenvalue weighted by Crippen LogP contribution is 2.40. The minimum Gasteiger partial charge on any atom is -0.497 e. The Kier molecular flexibility index (Phi) is 5.79. The molecule has 0 aliphatic carbocycles. The summed E-state index contributed by atoms with van der Waals surface area (Å²) in [6.07, 6.45) is 1.88. The van der Waals surface area contributed by atoms with Gasteiger partial charge in [0.15, 0.2) is 0 Å². The number of amides is 1. The highest BCUT2D eigenvalue weighted by molar-refractivity contribution is 5.93. The predicted molar refractivity (Wildman–Crippen MR) is 104 cm³/mol. The minimum atomic E-state index is -0.685. The van der Waals surface area contributed by atoms with Gasteiger partial charge >= 0.3 is 0 Å². The zero-order valence-electron chi connectivity index (χ0n) is 15.9. The fourth-order valence-electron chi connectivity index (χ4n) is 3.71. The number of rotatable bonds is 7. The Bertz CT molecular complexity index is 899. The van der Waals surface area contributed by atoms with Crippen LogP contribution in [0.4, 0.5) is 5.69 Å². The van der Waals surface area contributed by atoms with E-state index < -0.39 is 10.8 Å². The van der Waals surface area contributed by atoms with Crippen LogP contribution in [0.25, 0.3) is 0 Å². The van der Waals surface area contributed by atoms with Crippen LogP contribution >= 0.6 is 0 Å². The Balaban J connectivity index is 1.93. The van der Waals surface area contributed by atoms with Crippen molar-refractivity contribution in [1.29, 1.82) is 0 Å². The van der Waals surface area contributed by atoms with Gasteiger partial charge in [-0.05, 0) is 43.7 Å². The lowest BCUT2D eigenvalue weighted by Gasteiger charge is -2.26. The SMILES string of the molecule is COc1ccc(OC)c([C@@H]2CCCN2Cc2ccc(C(N)=O)cc2[N+](=O)[O-])c1. The molecule has 1 aliphatic heterocycles. The van der Waals surface area contributed by atoms with Gasteiger partial charge in [0.05, 0.1) is 19.1 Å². The second kappa shape index (κ2) is 8.26. The molecule has 8 heteroatoms. The maximum absolute atomic E-state index is 11.5. The number of benzene rings is 2. The van der Waals surface area contributed by atoms with Crippen molar-refractivity contribution in [2.45, 2.75) is 25.4 Å². The van der Waals surface area contributed by atoms with E-state index in [2.05, 4.69) is 4.90 Å². The number of nitrogens with two attached hydrogens (primary N) is 1. The van der Waals surface area contributed by atoms with Gasteiger partial charge in [0.25, 0.3) is 5.69 Å². The number of ether oxygens (including phenoxy) is 2. The van der Waals surface area contributed by atoms with Gasteiger partial charge < -0.3 is 15.2 Å². The van der Waals surface area contributed by atoms with Crippen LogP contribution in [-0.4, -0.2) is 36.5 Å². The van der Waals surface area contributed by atoms with Crippen molar-refractivity contribution in [3.63, 3.8) is 0 Å². The van der Waals surface area contributed by atoms with Gasteiger partial charge in [0.2, 0.25) is 5.91 Å². The van der Waals surface area contributed by atoms with E-state index in [4.69, 9.17) is 15.2 Å². The van der Waals surface area contributed by atoms with E-state index in [1.54, 1.807) is 20.3 Å². The van der Waals surface area contributed by atoms with Crippen LogP contribution in [0.2, 0.25) is 0 Å². The van der Waals surface area contributed by atoms with Crippen LogP contribution in [0.1, 0.15) is 40.4 Å². The molecule has 0 aromatic heterocycles. The van der Waals surface area contributed by atoms with E-state index in [1.807, 2.05) is 18.2 Å². The summed E-state index contributed by atoms with van der Waals surface area (Å²) in [7, 11) is 3.24. The van der Waals surface area contributed by atoms with E-state index in [0.717, 1.165) is 36.4 Å². The third-order valence-corrected chi connectivity index (χ3v) is 5.10. The van der Waals surface area contributed by atoms with Crippen LogP contribution in [-0.2, 0) is 6.54 Å². The summed E-state index contributed by atoms with van der Waals surface area (Å²) in [6.45, 7) is 1.19. The number of hydrogen-bond donors (Lipinski definition) is 1. The highest BCUT2D eigenvalue weighted by atomic mass is 16.6. The average molecular weight is 385 g/mol. The second-order valence-corrected chi connectivity index (χ2v) is 6.70. The number of carbonyl (C=O) groups is 1. The Morgan fingerprint density at radius 1 is 1.25 bits per heavy atom. The van der Waals surface area contributed by atoms with Crippen LogP contribution in [0.15, 0.2) is 36.4 Å². The lowest BCUT2D eigenvalue weighted by atomic mass is 10.0. The molecule has 148 valence electrons. The van der Waals surface area contributed by atoms with Gasteiger partial charge in [-0.2, -0.15) is 0 Å². The second-order valence-electron chi connectivity index (χ2n) is 6.70. The van der Waals surface area contributed by atoms with Crippen molar-refractivity contribution in [3.8, 4) is 11.5 Å². The fraction of sp³-hybridized carbons (Fsp3) is 0.350. The smallest absolute Gasteiger partial charge is 0.274 e. The number of nitro groups is 1. The first-order valence-corrected chi connectivity index (χ1v) is 8.97. The van der Waals surface area contributed by atoms with E-state index >= 15 is 0 Å². The number of methoxy groups -OCH3 is 2. The van der Waals surface area contributed by atoms with Gasteiger partial charge in [0.1, 0.15) is 11.5 Å². The maximum atomic E-state index is 11.5. The molecule has 0 unspecified atom stereocenters. The Morgan fingerprint density at radius 3 is 2.68 bits per heavy atom. The molecule has 28 heavy (non-hydrogen) atoms. The molecule has 2 N–H and O–H groups in total. The molecule has 2 aromatic rings. The number of nitro benzene ring substituents is 1. The van der Waals surface area contributed by atoms with Crippen molar-refractivity contribution < 1.29 is 19.2 Å². The molecule has 1 saturated heterocycles. The first-order valence-electron chi connectivity index (χ1n) is 8.97. The summed E-state index contributed by atoms with van der Waals surface area (Å²) in [6, 6.07) is 10.1. The summed E-state index contributed by atoms with van der Waals surface area (Å²) < 4.78 is 10.9. The molecular formula is C20H23N3O5. The van der Waals surface area contributed by atoms with Gasteiger partial charge in [-0.1, -0.05) is 6.07 Å². The lowest BCUT2D eigenvalue weighted by molar-refractivity contribution is -0.385. The highest BCUT2D eigenvalue weighted by Gasteiger charge is 2.30. The standard InChI is InChI=1S/C20H23N3O5/c1-27-15-7-8-19(28-2)16(11-15)17-4-3-9-22(17)12-14-6-5-13(20(21)24)10-18(14)23(25)26/h5-8,10-11,17H,3-4,9,12H2,1-2H3,(H2,21,24)/t17-/m0/s1. The number of likely N-dealkylation sites (tertiary alicyclic amines) is 1. The number of hydrogen-bond acceptors (Lipinski definition) is 6. The van der Waals surface area contributed by atoms with Crippen molar-refractivity contribution in [2.75, 3.05) is 20.8 Å². The number of carbonyl (C=O) groups excluding carboxylic acids is 1. The zero-order valence-corrected chi connectivity index (χ0v) is 15.9. The van der Waals surface area contributed by atoms with Crippen molar-refractivity contribution in [3.05, 3.63) is 63.2 Å². The molecule has 1 atom stereocenters. The molecule has 1 aliphatic rings. The molecule has 1 amide bonds. The first kappa shape index (κ1) is 19.6. The quantitative estimate of drug-likeness (QED) is 0.580. The van der Waals surface area contributed by atoms with Crippen LogP contribution < -0.4 is 15.2 Å². The largest absolute Gasteiger partial charge is 0.497 e. The summed E-state index contributed by atoms with van der Waals surface area (Å²) in [5.74, 6) is 0.811. The Hall–Kier alpha value is -3.13. The molecular weight excluding hydrogens is 362 g/mol. The summed E-state index contributed by atoms with van der Waals surface area (Å²) in [4.78, 5) is 24.6. The van der Waals surface area contributed by atoms with Crippen LogP contribution in [0.3, 0.4) is 0 Å². The van der Waals surface area contributed by atoms with Gasteiger partial charge in [-0.15, -0.1) is 0 Å². The maximum Gasteiger partial charge on any atom is 0.274 e. The Labute approximate surface area is 163 Å². The monoisotopic (exact) mass is 385 g/mol. The summed E-state index contributed by atoms with van der Waals surface area (Å²) in [5.41, 5.74) is 6.83. The van der Waals surface area contributed by atoms with Gasteiger partial charge in [-0.3, -0.25) is 19.8 Å². The predicted octanol–water partition coefficient (Wildman–Crippen LogP) is 3.05. The Morgan fingerprint density at radius 2 is 2.04 bits per heavy atom. The van der Waals surface area contributed by atoms with E-state index in [-0.39, 0.29) is 17.3 Å². The first-order chi connectivity index (χ1) is 13.4.